The summed E-state index contributed by atoms with van der Waals surface area (Å²) in [6, 6.07) is 10.8. The van der Waals surface area contributed by atoms with Gasteiger partial charge in [-0.05, 0) is 30.7 Å². The van der Waals surface area contributed by atoms with Gasteiger partial charge < -0.3 is 10.1 Å². The molecule has 0 fully saturated rings. The largest absolute Gasteiger partial charge is 0.505 e. The van der Waals surface area contributed by atoms with Crippen LogP contribution in [0.1, 0.15) is 5.56 Å². The standard InChI is InChI=1S/C14H11NO2/c1-8-6-7-10-12(13(8)16)15-11-5-3-2-4-9(11)14(10)17/h2-7,16H,1H3,(H,15,17). The number of H-pyrrole nitrogens is 1. The number of hydrogen-bond donors (Lipinski definition) is 2. The van der Waals surface area contributed by atoms with Crippen molar-refractivity contribution in [1.82, 2.24) is 4.98 Å². The molecule has 1 heterocycles. The maximum absolute atomic E-state index is 12.2. The maximum Gasteiger partial charge on any atom is 0.197 e. The van der Waals surface area contributed by atoms with Crippen LogP contribution in [-0.2, 0) is 0 Å². The minimum atomic E-state index is -0.0512. The third-order valence-electron chi connectivity index (χ3n) is 3.06. The number of rotatable bonds is 0. The van der Waals surface area contributed by atoms with Gasteiger partial charge in [0.25, 0.3) is 0 Å². The van der Waals surface area contributed by atoms with Crippen molar-refractivity contribution >= 4 is 21.8 Å². The fourth-order valence-corrected chi connectivity index (χ4v) is 2.08. The Kier molecular flexibility index (Phi) is 1.95. The molecule has 0 aliphatic rings. The third-order valence-corrected chi connectivity index (χ3v) is 3.06. The first kappa shape index (κ1) is 9.90. The van der Waals surface area contributed by atoms with E-state index in [1.807, 2.05) is 25.1 Å². The zero-order valence-corrected chi connectivity index (χ0v) is 9.32. The van der Waals surface area contributed by atoms with Crippen LogP contribution in [0.4, 0.5) is 0 Å². The van der Waals surface area contributed by atoms with Crippen LogP contribution in [0.2, 0.25) is 0 Å². The number of pyridine rings is 1. The number of phenolic OH excluding ortho intramolecular Hbond substituents is 1. The van der Waals surface area contributed by atoms with Gasteiger partial charge >= 0.3 is 0 Å². The second-order valence-corrected chi connectivity index (χ2v) is 4.15. The van der Waals surface area contributed by atoms with Crippen LogP contribution in [0.15, 0.2) is 41.2 Å². The zero-order valence-electron chi connectivity index (χ0n) is 9.32. The highest BCUT2D eigenvalue weighted by atomic mass is 16.3. The first-order chi connectivity index (χ1) is 8.18. The molecule has 3 nitrogen and oxygen atoms in total. The Morgan fingerprint density at radius 2 is 1.82 bits per heavy atom. The molecule has 1 aromatic heterocycles. The Bertz CT molecular complexity index is 787. The van der Waals surface area contributed by atoms with Crippen LogP contribution in [0.3, 0.4) is 0 Å². The van der Waals surface area contributed by atoms with Crippen LogP contribution < -0.4 is 5.43 Å². The first-order valence-corrected chi connectivity index (χ1v) is 5.42. The average Bonchev–Trinajstić information content (AvgIpc) is 2.35. The van der Waals surface area contributed by atoms with Crippen molar-refractivity contribution in [3.05, 3.63) is 52.2 Å². The van der Waals surface area contributed by atoms with E-state index in [9.17, 15) is 9.90 Å². The summed E-state index contributed by atoms with van der Waals surface area (Å²) in [4.78, 5) is 15.3. The van der Waals surface area contributed by atoms with Gasteiger partial charge in [0.1, 0.15) is 5.75 Å². The Hall–Kier alpha value is -2.29. The summed E-state index contributed by atoms with van der Waals surface area (Å²) in [7, 11) is 0. The second kappa shape index (κ2) is 3.35. The molecule has 2 N–H and O–H groups in total. The van der Waals surface area contributed by atoms with E-state index in [0.717, 1.165) is 11.1 Å². The lowest BCUT2D eigenvalue weighted by atomic mass is 10.1. The zero-order chi connectivity index (χ0) is 12.0. The molecule has 84 valence electrons. The van der Waals surface area contributed by atoms with E-state index >= 15 is 0 Å². The molecule has 3 rings (SSSR count). The molecule has 0 amide bonds. The van der Waals surface area contributed by atoms with Gasteiger partial charge in [0.05, 0.1) is 5.52 Å². The predicted octanol–water partition coefficient (Wildman–Crippen LogP) is 2.70. The molecule has 17 heavy (non-hydrogen) atoms. The number of phenols is 1. The van der Waals surface area contributed by atoms with Gasteiger partial charge in [0.2, 0.25) is 0 Å². The van der Waals surface area contributed by atoms with Gasteiger partial charge in [-0.2, -0.15) is 0 Å². The highest BCUT2D eigenvalue weighted by Crippen LogP contribution is 2.26. The summed E-state index contributed by atoms with van der Waals surface area (Å²) in [6.45, 7) is 1.81. The Labute approximate surface area is 97.3 Å². The van der Waals surface area contributed by atoms with Crippen LogP contribution >= 0.6 is 0 Å². The molecule has 3 heteroatoms. The number of para-hydroxylation sites is 1. The van der Waals surface area contributed by atoms with Crippen molar-refractivity contribution in [3.63, 3.8) is 0 Å². The van der Waals surface area contributed by atoms with Crippen LogP contribution in [0.5, 0.6) is 5.75 Å². The van der Waals surface area contributed by atoms with Crippen LogP contribution in [-0.4, -0.2) is 10.1 Å². The normalized spacial score (nSPS) is 11.1. The van der Waals surface area contributed by atoms with Crippen molar-refractivity contribution < 1.29 is 5.11 Å². The van der Waals surface area contributed by atoms with E-state index in [1.54, 1.807) is 18.2 Å². The third kappa shape index (κ3) is 1.32. The average molecular weight is 225 g/mol. The summed E-state index contributed by atoms with van der Waals surface area (Å²) in [5, 5.41) is 11.1. The summed E-state index contributed by atoms with van der Waals surface area (Å²) in [6.07, 6.45) is 0. The van der Waals surface area contributed by atoms with Crippen molar-refractivity contribution in [1.29, 1.82) is 0 Å². The van der Waals surface area contributed by atoms with Gasteiger partial charge in [-0.15, -0.1) is 0 Å². The van der Waals surface area contributed by atoms with Crippen molar-refractivity contribution in [2.45, 2.75) is 6.92 Å². The van der Waals surface area contributed by atoms with E-state index in [1.165, 1.54) is 0 Å². The molecule has 0 bridgehead atoms. The van der Waals surface area contributed by atoms with Gasteiger partial charge in [-0.1, -0.05) is 18.2 Å². The number of nitrogens with one attached hydrogen (secondary N) is 1. The Morgan fingerprint density at radius 1 is 1.06 bits per heavy atom. The Balaban J connectivity index is 2.64. The van der Waals surface area contributed by atoms with Crippen molar-refractivity contribution in [2.24, 2.45) is 0 Å². The summed E-state index contributed by atoms with van der Waals surface area (Å²) < 4.78 is 0. The van der Waals surface area contributed by atoms with E-state index < -0.39 is 0 Å². The molecule has 3 aromatic rings. The lowest BCUT2D eigenvalue weighted by Crippen LogP contribution is -2.04. The topological polar surface area (TPSA) is 53.1 Å². The highest BCUT2D eigenvalue weighted by molar-refractivity contribution is 5.95. The summed E-state index contributed by atoms with van der Waals surface area (Å²) in [5.41, 5.74) is 1.95. The smallest absolute Gasteiger partial charge is 0.197 e. The minimum Gasteiger partial charge on any atom is -0.505 e. The SMILES string of the molecule is Cc1ccc2c(=O)c3ccccc3[nH]c2c1O. The fourth-order valence-electron chi connectivity index (χ4n) is 2.08. The monoisotopic (exact) mass is 225 g/mol. The molecule has 0 aliphatic heterocycles. The molecular weight excluding hydrogens is 214 g/mol. The fraction of sp³-hybridized carbons (Fsp3) is 0.0714. The van der Waals surface area contributed by atoms with E-state index in [2.05, 4.69) is 4.98 Å². The number of aryl methyl sites for hydroxylation is 1. The highest BCUT2D eigenvalue weighted by Gasteiger charge is 2.09. The van der Waals surface area contributed by atoms with E-state index in [0.29, 0.717) is 16.3 Å². The number of aromatic hydroxyl groups is 1. The second-order valence-electron chi connectivity index (χ2n) is 4.15. The van der Waals surface area contributed by atoms with Gasteiger partial charge in [-0.25, -0.2) is 0 Å². The molecule has 0 saturated carbocycles. The predicted molar refractivity (Wildman–Crippen MR) is 68.5 cm³/mol. The lowest BCUT2D eigenvalue weighted by molar-refractivity contribution is 0.476. The minimum absolute atomic E-state index is 0.0512. The Morgan fingerprint density at radius 3 is 2.65 bits per heavy atom. The van der Waals surface area contributed by atoms with Crippen molar-refractivity contribution in [2.75, 3.05) is 0 Å². The molecule has 0 unspecified atom stereocenters. The molecule has 0 spiro atoms. The number of hydrogen-bond acceptors (Lipinski definition) is 2. The molecule has 0 radical (unpaired) electrons. The summed E-state index contributed by atoms with van der Waals surface area (Å²) in [5.74, 6) is 0.144. The van der Waals surface area contributed by atoms with Gasteiger partial charge in [0.15, 0.2) is 5.43 Å². The van der Waals surface area contributed by atoms with Gasteiger partial charge in [0, 0.05) is 16.3 Å². The maximum atomic E-state index is 12.2. The van der Waals surface area contributed by atoms with Crippen molar-refractivity contribution in [3.8, 4) is 5.75 Å². The number of fused-ring (bicyclic) bond motifs is 2. The number of aromatic nitrogens is 1. The molecule has 0 aliphatic carbocycles. The van der Waals surface area contributed by atoms with E-state index in [4.69, 9.17) is 0 Å². The van der Waals surface area contributed by atoms with Gasteiger partial charge in [-0.3, -0.25) is 4.79 Å². The lowest BCUT2D eigenvalue weighted by Gasteiger charge is -2.06. The summed E-state index contributed by atoms with van der Waals surface area (Å²) >= 11 is 0. The molecule has 0 atom stereocenters. The molecular formula is C14H11NO2. The number of aromatic amines is 1. The van der Waals surface area contributed by atoms with Crippen LogP contribution in [0.25, 0.3) is 21.8 Å². The molecule has 0 saturated heterocycles. The quantitative estimate of drug-likeness (QED) is 0.578. The molecule has 2 aromatic carbocycles. The first-order valence-electron chi connectivity index (χ1n) is 5.42. The van der Waals surface area contributed by atoms with E-state index in [-0.39, 0.29) is 11.2 Å². The van der Waals surface area contributed by atoms with Crippen LogP contribution in [0, 0.1) is 6.92 Å². The number of benzene rings is 2.